The summed E-state index contributed by atoms with van der Waals surface area (Å²) in [7, 11) is 0. The summed E-state index contributed by atoms with van der Waals surface area (Å²) >= 11 is 0. The van der Waals surface area contributed by atoms with Gasteiger partial charge in [0, 0.05) is 18.8 Å². The smallest absolute Gasteiger partial charge is 0.253 e. The van der Waals surface area contributed by atoms with Crippen LogP contribution in [0.2, 0.25) is 0 Å². The fourth-order valence-corrected chi connectivity index (χ4v) is 2.26. The van der Waals surface area contributed by atoms with Crippen molar-refractivity contribution in [2.24, 2.45) is 0 Å². The number of pyridine rings is 1. The highest BCUT2D eigenvalue weighted by Crippen LogP contribution is 2.19. The minimum Gasteiger partial charge on any atom is -0.383 e. The molecule has 0 radical (unpaired) electrons. The Kier molecular flexibility index (Phi) is 3.96. The molecule has 0 aromatic carbocycles. The summed E-state index contributed by atoms with van der Waals surface area (Å²) in [4.78, 5) is 16.2. The molecule has 92 valence electrons. The molecule has 4 heteroatoms. The molecule has 17 heavy (non-hydrogen) atoms. The van der Waals surface area contributed by atoms with Crippen LogP contribution < -0.4 is 10.6 Å². The summed E-state index contributed by atoms with van der Waals surface area (Å²) in [6, 6.07) is 2.12. The summed E-state index contributed by atoms with van der Waals surface area (Å²) in [5.41, 5.74) is 1.50. The van der Waals surface area contributed by atoms with Crippen molar-refractivity contribution in [1.82, 2.24) is 10.3 Å². The monoisotopic (exact) mass is 233 g/mol. The Hall–Kier alpha value is -1.58. The molecule has 0 bridgehead atoms. The van der Waals surface area contributed by atoms with E-state index in [9.17, 15) is 4.79 Å². The molecule has 0 saturated heterocycles. The number of nitrogens with one attached hydrogen (secondary N) is 2. The molecule has 0 aliphatic heterocycles. The van der Waals surface area contributed by atoms with Crippen LogP contribution in [0.25, 0.3) is 0 Å². The number of aromatic nitrogens is 1. The van der Waals surface area contributed by atoms with Gasteiger partial charge in [0.25, 0.3) is 5.91 Å². The fourth-order valence-electron chi connectivity index (χ4n) is 2.26. The molecule has 4 nitrogen and oxygen atoms in total. The van der Waals surface area contributed by atoms with E-state index in [-0.39, 0.29) is 5.91 Å². The molecule has 1 aliphatic carbocycles. The van der Waals surface area contributed by atoms with Gasteiger partial charge in [0.1, 0.15) is 0 Å². The zero-order chi connectivity index (χ0) is 12.1. The highest BCUT2D eigenvalue weighted by atomic mass is 16.1. The molecule has 1 aliphatic rings. The predicted octanol–water partition coefficient (Wildman–Crippen LogP) is 2.19. The van der Waals surface area contributed by atoms with E-state index in [1.807, 2.05) is 6.92 Å². The van der Waals surface area contributed by atoms with Gasteiger partial charge in [-0.05, 0) is 25.8 Å². The van der Waals surface area contributed by atoms with Gasteiger partial charge in [-0.3, -0.25) is 9.78 Å². The van der Waals surface area contributed by atoms with Crippen LogP contribution in [0.5, 0.6) is 0 Å². The number of carbonyl (C=O) groups is 1. The first-order chi connectivity index (χ1) is 8.31. The molecular formula is C13H19N3O. The Balaban J connectivity index is 2.06. The first kappa shape index (κ1) is 11.9. The predicted molar refractivity (Wildman–Crippen MR) is 68.1 cm³/mol. The average Bonchev–Trinajstić information content (AvgIpc) is 2.83. The van der Waals surface area contributed by atoms with E-state index in [0.29, 0.717) is 11.6 Å². The third kappa shape index (κ3) is 2.96. The van der Waals surface area contributed by atoms with Crippen molar-refractivity contribution in [3.63, 3.8) is 0 Å². The maximum absolute atomic E-state index is 12.1. The topological polar surface area (TPSA) is 54.0 Å². The second kappa shape index (κ2) is 5.66. The Labute approximate surface area is 102 Å². The maximum atomic E-state index is 12.1. The first-order valence-corrected chi connectivity index (χ1v) is 6.30. The Morgan fingerprint density at radius 1 is 1.47 bits per heavy atom. The number of anilines is 1. The highest BCUT2D eigenvalue weighted by molar-refractivity contribution is 5.99. The zero-order valence-electron chi connectivity index (χ0n) is 10.2. The van der Waals surface area contributed by atoms with Gasteiger partial charge in [-0.25, -0.2) is 0 Å². The first-order valence-electron chi connectivity index (χ1n) is 6.30. The third-order valence-corrected chi connectivity index (χ3v) is 3.12. The van der Waals surface area contributed by atoms with Crippen LogP contribution in [0.1, 0.15) is 43.0 Å². The number of nitrogens with zero attached hydrogens (tertiary/aromatic N) is 1. The largest absolute Gasteiger partial charge is 0.383 e. The van der Waals surface area contributed by atoms with Crippen molar-refractivity contribution in [2.45, 2.75) is 38.6 Å². The summed E-state index contributed by atoms with van der Waals surface area (Å²) in [5.74, 6) is 0.00949. The van der Waals surface area contributed by atoms with Crippen molar-refractivity contribution in [3.8, 4) is 0 Å². The summed E-state index contributed by atoms with van der Waals surface area (Å²) in [6.07, 6.45) is 8.01. The van der Waals surface area contributed by atoms with Crippen molar-refractivity contribution in [3.05, 3.63) is 24.0 Å². The van der Waals surface area contributed by atoms with Crippen molar-refractivity contribution < 1.29 is 4.79 Å². The fraction of sp³-hybridized carbons (Fsp3) is 0.538. The van der Waals surface area contributed by atoms with Crippen molar-refractivity contribution in [1.29, 1.82) is 0 Å². The minimum absolute atomic E-state index is 0.00949. The van der Waals surface area contributed by atoms with Gasteiger partial charge in [-0.15, -0.1) is 0 Å². The Bertz CT molecular complexity index is 386. The molecule has 0 spiro atoms. The van der Waals surface area contributed by atoms with E-state index in [0.717, 1.165) is 25.1 Å². The number of rotatable bonds is 4. The number of hydrogen-bond donors (Lipinski definition) is 2. The molecule has 1 saturated carbocycles. The number of hydrogen-bond acceptors (Lipinski definition) is 3. The highest BCUT2D eigenvalue weighted by Gasteiger charge is 2.19. The Morgan fingerprint density at radius 2 is 2.24 bits per heavy atom. The molecule has 2 rings (SSSR count). The van der Waals surface area contributed by atoms with Crippen LogP contribution in [0, 0.1) is 0 Å². The molecule has 1 aromatic rings. The Morgan fingerprint density at radius 3 is 2.94 bits per heavy atom. The minimum atomic E-state index is 0.00949. The summed E-state index contributed by atoms with van der Waals surface area (Å²) < 4.78 is 0. The average molecular weight is 233 g/mol. The van der Waals surface area contributed by atoms with E-state index in [1.54, 1.807) is 18.5 Å². The van der Waals surface area contributed by atoms with Crippen LogP contribution >= 0.6 is 0 Å². The second-order valence-corrected chi connectivity index (χ2v) is 4.41. The van der Waals surface area contributed by atoms with E-state index in [2.05, 4.69) is 15.6 Å². The van der Waals surface area contributed by atoms with Gasteiger partial charge in [-0.1, -0.05) is 12.8 Å². The quantitative estimate of drug-likeness (QED) is 0.838. The molecular weight excluding hydrogens is 214 g/mol. The van der Waals surface area contributed by atoms with Crippen LogP contribution in [-0.4, -0.2) is 23.5 Å². The van der Waals surface area contributed by atoms with Gasteiger partial charge in [-0.2, -0.15) is 0 Å². The number of carbonyl (C=O) groups excluding carboxylic acids is 1. The maximum Gasteiger partial charge on any atom is 0.253 e. The summed E-state index contributed by atoms with van der Waals surface area (Å²) in [5, 5.41) is 6.25. The molecule has 0 atom stereocenters. The van der Waals surface area contributed by atoms with Crippen LogP contribution in [0.3, 0.4) is 0 Å². The van der Waals surface area contributed by atoms with E-state index < -0.39 is 0 Å². The van der Waals surface area contributed by atoms with E-state index in [1.165, 1.54) is 12.8 Å². The molecule has 0 unspecified atom stereocenters. The van der Waals surface area contributed by atoms with Gasteiger partial charge in [0.15, 0.2) is 0 Å². The van der Waals surface area contributed by atoms with Gasteiger partial charge in [0.2, 0.25) is 0 Å². The molecule has 1 amide bonds. The SMILES string of the molecule is CCNc1cnccc1C(=O)NC1CCCC1. The van der Waals surface area contributed by atoms with Gasteiger partial charge in [0.05, 0.1) is 17.4 Å². The van der Waals surface area contributed by atoms with Crippen LogP contribution in [0.4, 0.5) is 5.69 Å². The lowest BCUT2D eigenvalue weighted by atomic mass is 10.2. The molecule has 1 heterocycles. The molecule has 2 N–H and O–H groups in total. The lowest BCUT2D eigenvalue weighted by Crippen LogP contribution is -2.33. The molecule has 1 aromatic heterocycles. The summed E-state index contributed by atoms with van der Waals surface area (Å²) in [6.45, 7) is 2.79. The zero-order valence-corrected chi connectivity index (χ0v) is 10.2. The van der Waals surface area contributed by atoms with Crippen molar-refractivity contribution >= 4 is 11.6 Å². The third-order valence-electron chi connectivity index (χ3n) is 3.12. The lowest BCUT2D eigenvalue weighted by Gasteiger charge is -2.14. The normalized spacial score (nSPS) is 15.8. The van der Waals surface area contributed by atoms with E-state index >= 15 is 0 Å². The van der Waals surface area contributed by atoms with E-state index in [4.69, 9.17) is 0 Å². The number of amides is 1. The standard InChI is InChI=1S/C13H19N3O/c1-2-15-12-9-14-8-7-11(12)13(17)16-10-5-3-4-6-10/h7-10,15H,2-6H2,1H3,(H,16,17). The van der Waals surface area contributed by atoms with Gasteiger partial charge < -0.3 is 10.6 Å². The van der Waals surface area contributed by atoms with Crippen LogP contribution in [0.15, 0.2) is 18.5 Å². The van der Waals surface area contributed by atoms with Gasteiger partial charge >= 0.3 is 0 Å². The van der Waals surface area contributed by atoms with Crippen LogP contribution in [-0.2, 0) is 0 Å². The second-order valence-electron chi connectivity index (χ2n) is 4.41. The lowest BCUT2D eigenvalue weighted by molar-refractivity contribution is 0.0938. The van der Waals surface area contributed by atoms with Crippen molar-refractivity contribution in [2.75, 3.05) is 11.9 Å². The molecule has 1 fully saturated rings.